The van der Waals surface area contributed by atoms with E-state index in [9.17, 15) is 0 Å². The summed E-state index contributed by atoms with van der Waals surface area (Å²) < 4.78 is 0. The number of hydrogen-bond acceptors (Lipinski definition) is 2. The molecule has 3 aliphatic rings. The lowest BCUT2D eigenvalue weighted by atomic mass is 9.95. The molecule has 0 saturated carbocycles. The SMILES string of the molecule is C1=CC2=C(CC1)Cc1cc(-c3ccc(-c4nc5ccccc5nc4-c4ccc(-c5ccc6c(c5)Cc5ccccc5-6)cc4)cc3)ccc12. The number of para-hydroxylation sites is 2. The molecular formula is C46H32N2. The Morgan fingerprint density at radius 3 is 1.60 bits per heavy atom. The number of aromatic nitrogens is 2. The number of rotatable bonds is 4. The van der Waals surface area contributed by atoms with Gasteiger partial charge in [0.1, 0.15) is 0 Å². The van der Waals surface area contributed by atoms with Crippen molar-refractivity contribution in [3.05, 3.63) is 173 Å². The van der Waals surface area contributed by atoms with Crippen LogP contribution in [-0.2, 0) is 12.8 Å². The molecule has 0 fully saturated rings. The van der Waals surface area contributed by atoms with Crippen molar-refractivity contribution in [1.82, 2.24) is 9.97 Å². The van der Waals surface area contributed by atoms with Crippen LogP contribution in [0.3, 0.4) is 0 Å². The number of nitrogens with zero attached hydrogens (tertiary/aromatic N) is 2. The third-order valence-corrected chi connectivity index (χ3v) is 10.4. The van der Waals surface area contributed by atoms with Crippen LogP contribution >= 0.6 is 0 Å². The lowest BCUT2D eigenvalue weighted by molar-refractivity contribution is 0.935. The minimum absolute atomic E-state index is 0.902. The Morgan fingerprint density at radius 1 is 0.417 bits per heavy atom. The van der Waals surface area contributed by atoms with Crippen molar-refractivity contribution in [3.63, 3.8) is 0 Å². The van der Waals surface area contributed by atoms with Crippen LogP contribution in [0.4, 0.5) is 0 Å². The first-order valence-corrected chi connectivity index (χ1v) is 17.0. The van der Waals surface area contributed by atoms with E-state index in [0.717, 1.165) is 52.8 Å². The maximum atomic E-state index is 5.18. The van der Waals surface area contributed by atoms with Crippen LogP contribution in [-0.4, -0.2) is 9.97 Å². The van der Waals surface area contributed by atoms with Crippen molar-refractivity contribution in [1.29, 1.82) is 0 Å². The number of hydrogen-bond donors (Lipinski definition) is 0. The molecule has 1 heterocycles. The zero-order chi connectivity index (χ0) is 31.6. The van der Waals surface area contributed by atoms with Crippen molar-refractivity contribution >= 4 is 16.6 Å². The van der Waals surface area contributed by atoms with E-state index in [0.29, 0.717) is 0 Å². The molecule has 48 heavy (non-hydrogen) atoms. The predicted molar refractivity (Wildman–Crippen MR) is 199 cm³/mol. The summed E-state index contributed by atoms with van der Waals surface area (Å²) in [4.78, 5) is 10.4. The van der Waals surface area contributed by atoms with Gasteiger partial charge in [0.15, 0.2) is 0 Å². The van der Waals surface area contributed by atoms with E-state index in [1.165, 1.54) is 67.6 Å². The van der Waals surface area contributed by atoms with Crippen LogP contribution in [0.15, 0.2) is 151 Å². The first-order chi connectivity index (χ1) is 23.7. The number of benzene rings is 6. The predicted octanol–water partition coefficient (Wildman–Crippen LogP) is 11.5. The van der Waals surface area contributed by atoms with Crippen LogP contribution in [0.25, 0.3) is 72.5 Å². The van der Waals surface area contributed by atoms with Gasteiger partial charge < -0.3 is 0 Å². The van der Waals surface area contributed by atoms with E-state index in [1.54, 1.807) is 5.57 Å². The second kappa shape index (κ2) is 10.9. The van der Waals surface area contributed by atoms with Crippen LogP contribution in [0, 0.1) is 0 Å². The Bertz CT molecular complexity index is 2480. The van der Waals surface area contributed by atoms with Gasteiger partial charge in [0.2, 0.25) is 0 Å². The second-order valence-electron chi connectivity index (χ2n) is 13.3. The zero-order valence-corrected chi connectivity index (χ0v) is 26.6. The summed E-state index contributed by atoms with van der Waals surface area (Å²) in [6.45, 7) is 0. The van der Waals surface area contributed by atoms with Gasteiger partial charge >= 0.3 is 0 Å². The first kappa shape index (κ1) is 27.3. The average molecular weight is 613 g/mol. The van der Waals surface area contributed by atoms with Gasteiger partial charge in [-0.25, -0.2) is 9.97 Å². The molecule has 1 aromatic heterocycles. The molecule has 0 bridgehead atoms. The molecule has 0 saturated heterocycles. The lowest BCUT2D eigenvalue weighted by Crippen LogP contribution is -1.96. The quantitative estimate of drug-likeness (QED) is 0.198. The largest absolute Gasteiger partial charge is 0.244 e. The monoisotopic (exact) mass is 612 g/mol. The Morgan fingerprint density at radius 2 is 0.938 bits per heavy atom. The molecule has 0 N–H and O–H groups in total. The van der Waals surface area contributed by atoms with Crippen LogP contribution < -0.4 is 0 Å². The minimum Gasteiger partial charge on any atom is -0.244 e. The molecule has 0 unspecified atom stereocenters. The van der Waals surface area contributed by atoms with Crippen LogP contribution in [0.2, 0.25) is 0 Å². The molecule has 6 aromatic carbocycles. The van der Waals surface area contributed by atoms with Crippen molar-refractivity contribution < 1.29 is 0 Å². The normalized spacial score (nSPS) is 14.2. The lowest BCUT2D eigenvalue weighted by Gasteiger charge is -2.13. The highest BCUT2D eigenvalue weighted by Gasteiger charge is 2.22. The molecule has 7 aromatic rings. The summed E-state index contributed by atoms with van der Waals surface area (Å²) >= 11 is 0. The Labute approximate surface area is 280 Å². The highest BCUT2D eigenvalue weighted by molar-refractivity contribution is 5.89. The number of allylic oxidation sites excluding steroid dienone is 4. The van der Waals surface area contributed by atoms with E-state index in [2.05, 4.69) is 121 Å². The van der Waals surface area contributed by atoms with E-state index in [1.807, 2.05) is 24.3 Å². The Kier molecular flexibility index (Phi) is 6.17. The first-order valence-electron chi connectivity index (χ1n) is 17.0. The molecule has 0 radical (unpaired) electrons. The van der Waals surface area contributed by atoms with E-state index < -0.39 is 0 Å². The van der Waals surface area contributed by atoms with Crippen molar-refractivity contribution in [3.8, 4) is 55.9 Å². The summed E-state index contributed by atoms with van der Waals surface area (Å²) in [5, 5.41) is 0. The van der Waals surface area contributed by atoms with E-state index in [-0.39, 0.29) is 0 Å². The maximum absolute atomic E-state index is 5.18. The molecule has 10 rings (SSSR count). The topological polar surface area (TPSA) is 25.8 Å². The minimum atomic E-state index is 0.902. The van der Waals surface area contributed by atoms with Crippen molar-refractivity contribution in [2.24, 2.45) is 0 Å². The molecule has 0 atom stereocenters. The maximum Gasteiger partial charge on any atom is 0.0973 e. The average Bonchev–Trinajstić information content (AvgIpc) is 3.72. The highest BCUT2D eigenvalue weighted by Crippen LogP contribution is 2.41. The zero-order valence-electron chi connectivity index (χ0n) is 26.6. The fourth-order valence-corrected chi connectivity index (χ4v) is 7.96. The molecule has 226 valence electrons. The van der Waals surface area contributed by atoms with Gasteiger partial charge in [-0.15, -0.1) is 0 Å². The van der Waals surface area contributed by atoms with Gasteiger partial charge in [-0.1, -0.05) is 139 Å². The summed E-state index contributed by atoms with van der Waals surface area (Å²) in [6.07, 6.45) is 9.06. The third kappa shape index (κ3) is 4.48. The molecule has 0 aliphatic heterocycles. The van der Waals surface area contributed by atoms with Gasteiger partial charge in [0, 0.05) is 11.1 Å². The molecule has 0 amide bonds. The van der Waals surface area contributed by atoms with Crippen molar-refractivity contribution in [2.75, 3.05) is 0 Å². The van der Waals surface area contributed by atoms with Crippen molar-refractivity contribution in [2.45, 2.75) is 25.7 Å². The standard InChI is InChI=1S/C46H32N2/c1-3-9-39-35(7-1)27-37-25-33(21-23-41(37)39)29-13-17-31(18-14-29)45-46(48-44-12-6-5-11-43(44)47-45)32-19-15-30(16-20-32)34-22-24-42-38(26-34)28-36-8-2-4-10-40(36)42/h1,3-7,9-26H,2,8,27-28H2. The van der Waals surface area contributed by atoms with Gasteiger partial charge in [-0.05, 0) is 99.0 Å². The molecule has 0 spiro atoms. The summed E-state index contributed by atoms with van der Waals surface area (Å²) in [5.41, 5.74) is 22.1. The van der Waals surface area contributed by atoms with Gasteiger partial charge in [-0.3, -0.25) is 0 Å². The Balaban J connectivity index is 0.984. The highest BCUT2D eigenvalue weighted by atomic mass is 14.8. The van der Waals surface area contributed by atoms with Gasteiger partial charge in [0.05, 0.1) is 22.4 Å². The van der Waals surface area contributed by atoms with E-state index in [4.69, 9.17) is 9.97 Å². The molecule has 3 aliphatic carbocycles. The summed E-state index contributed by atoms with van der Waals surface area (Å²) in [6, 6.07) is 48.5. The fourth-order valence-electron chi connectivity index (χ4n) is 7.96. The number of fused-ring (bicyclic) bond motifs is 6. The molecular weight excluding hydrogens is 581 g/mol. The second-order valence-corrected chi connectivity index (χ2v) is 13.3. The smallest absolute Gasteiger partial charge is 0.0973 e. The van der Waals surface area contributed by atoms with Gasteiger partial charge in [0.25, 0.3) is 0 Å². The van der Waals surface area contributed by atoms with Crippen LogP contribution in [0.1, 0.15) is 35.1 Å². The van der Waals surface area contributed by atoms with Crippen LogP contribution in [0.5, 0.6) is 0 Å². The summed E-state index contributed by atoms with van der Waals surface area (Å²) in [7, 11) is 0. The molecule has 2 nitrogen and oxygen atoms in total. The van der Waals surface area contributed by atoms with E-state index >= 15 is 0 Å². The summed E-state index contributed by atoms with van der Waals surface area (Å²) in [5.74, 6) is 0. The molecule has 2 heteroatoms. The Hall–Kier alpha value is -5.86. The third-order valence-electron chi connectivity index (χ3n) is 10.4. The van der Waals surface area contributed by atoms with Gasteiger partial charge in [-0.2, -0.15) is 0 Å². The fraction of sp³-hybridized carbons (Fsp3) is 0.0870.